The first-order chi connectivity index (χ1) is 21.2. The Hall–Kier alpha value is -4.16. The summed E-state index contributed by atoms with van der Waals surface area (Å²) in [5.41, 5.74) is 4.79. The van der Waals surface area contributed by atoms with Crippen molar-refractivity contribution in [3.8, 4) is 16.9 Å². The molecule has 4 aromatic rings. The molecule has 0 bridgehead atoms. The molecule has 4 heterocycles. The Kier molecular flexibility index (Phi) is 8.58. The maximum Gasteiger partial charge on any atom is 0.355 e. The van der Waals surface area contributed by atoms with E-state index in [-0.39, 0.29) is 53.8 Å². The van der Waals surface area contributed by atoms with Crippen molar-refractivity contribution in [2.75, 3.05) is 23.7 Å². The van der Waals surface area contributed by atoms with Gasteiger partial charge in [-0.1, -0.05) is 43.6 Å². The fourth-order valence-corrected chi connectivity index (χ4v) is 6.35. The standard InChI is InChI=1S/C31H30Cl2F3N7O2/c1-7-19(44)42-15(5)11-41(12-16(42)6)29-17-10-18(34)27(20-23(35)21(32)24(36)22(33)25(20)37)39-30(17)43(31(45)40-29)28-14(4)8-9-38-26(28)13(2)3/h7-10,13,15-16H,1,11-12,37H2,2-6H3/t15-,16+. The lowest BCUT2D eigenvalue weighted by atomic mass is 10.0. The highest BCUT2D eigenvalue weighted by Gasteiger charge is 2.35. The smallest absolute Gasteiger partial charge is 0.355 e. The van der Waals surface area contributed by atoms with Gasteiger partial charge in [0, 0.05) is 31.4 Å². The van der Waals surface area contributed by atoms with Crippen molar-refractivity contribution in [1.29, 1.82) is 0 Å². The average molecular weight is 661 g/mol. The molecule has 9 nitrogen and oxygen atoms in total. The largest absolute Gasteiger partial charge is 0.397 e. The summed E-state index contributed by atoms with van der Waals surface area (Å²) in [6.07, 6.45) is 2.84. The lowest BCUT2D eigenvalue weighted by molar-refractivity contribution is -0.130. The molecule has 0 spiro atoms. The predicted molar refractivity (Wildman–Crippen MR) is 170 cm³/mol. The summed E-state index contributed by atoms with van der Waals surface area (Å²) in [4.78, 5) is 43.4. The molecule has 1 aromatic carbocycles. The normalized spacial score (nSPS) is 17.0. The molecule has 14 heteroatoms. The Bertz CT molecular complexity index is 1910. The molecule has 0 unspecified atom stereocenters. The van der Waals surface area contributed by atoms with Crippen LogP contribution in [-0.4, -0.2) is 55.5 Å². The van der Waals surface area contributed by atoms with Crippen LogP contribution in [0.25, 0.3) is 28.0 Å². The highest BCUT2D eigenvalue weighted by atomic mass is 35.5. The maximum atomic E-state index is 16.1. The van der Waals surface area contributed by atoms with Crippen molar-refractivity contribution in [2.24, 2.45) is 0 Å². The van der Waals surface area contributed by atoms with E-state index in [9.17, 15) is 14.0 Å². The number of aromatic nitrogens is 4. The quantitative estimate of drug-likeness (QED) is 0.118. The van der Waals surface area contributed by atoms with Gasteiger partial charge >= 0.3 is 5.69 Å². The van der Waals surface area contributed by atoms with E-state index < -0.39 is 50.1 Å². The number of piperazine rings is 1. The number of carbonyl (C=O) groups excluding carboxylic acids is 1. The van der Waals surface area contributed by atoms with E-state index in [2.05, 4.69) is 21.5 Å². The van der Waals surface area contributed by atoms with Gasteiger partial charge in [-0.2, -0.15) is 4.98 Å². The van der Waals surface area contributed by atoms with Crippen LogP contribution in [0.15, 0.2) is 35.8 Å². The second-order valence-electron chi connectivity index (χ2n) is 11.4. The highest BCUT2D eigenvalue weighted by molar-refractivity contribution is 6.37. The summed E-state index contributed by atoms with van der Waals surface area (Å²) in [5.74, 6) is -3.99. The molecule has 0 aliphatic carbocycles. The first-order valence-electron chi connectivity index (χ1n) is 14.1. The zero-order valence-electron chi connectivity index (χ0n) is 25.1. The summed E-state index contributed by atoms with van der Waals surface area (Å²) in [6, 6.07) is 2.13. The van der Waals surface area contributed by atoms with Gasteiger partial charge in [0.25, 0.3) is 0 Å². The van der Waals surface area contributed by atoms with E-state index in [0.717, 1.165) is 6.07 Å². The molecule has 45 heavy (non-hydrogen) atoms. The van der Waals surface area contributed by atoms with Crippen molar-refractivity contribution < 1.29 is 18.0 Å². The molecular weight excluding hydrogens is 630 g/mol. The number of nitrogens with two attached hydrogens (primary N) is 1. The second kappa shape index (κ2) is 12.0. The van der Waals surface area contributed by atoms with Gasteiger partial charge in [-0.15, -0.1) is 0 Å². The minimum absolute atomic E-state index is 0.0836. The molecule has 1 fully saturated rings. The van der Waals surface area contributed by atoms with Gasteiger partial charge in [0.15, 0.2) is 23.1 Å². The molecule has 5 rings (SSSR count). The Morgan fingerprint density at radius 3 is 2.36 bits per heavy atom. The molecule has 2 atom stereocenters. The van der Waals surface area contributed by atoms with Gasteiger partial charge in [-0.25, -0.2) is 27.5 Å². The SMILES string of the molecule is C=CC(=O)N1[C@H](C)CN(c2nc(=O)n(-c3c(C)ccnc3C(C)C)c3nc(-c4c(N)c(Cl)c(F)c(Cl)c4F)c(F)cc23)C[C@@H]1C. The van der Waals surface area contributed by atoms with Crippen LogP contribution in [0.4, 0.5) is 24.7 Å². The number of carbonyl (C=O) groups is 1. The highest BCUT2D eigenvalue weighted by Crippen LogP contribution is 2.42. The zero-order valence-corrected chi connectivity index (χ0v) is 26.6. The first-order valence-corrected chi connectivity index (χ1v) is 14.9. The van der Waals surface area contributed by atoms with Crippen molar-refractivity contribution >= 4 is 51.6 Å². The average Bonchev–Trinajstić information content (AvgIpc) is 2.99. The van der Waals surface area contributed by atoms with Crippen LogP contribution in [-0.2, 0) is 4.79 Å². The lowest BCUT2D eigenvalue weighted by Crippen LogP contribution is -2.58. The summed E-state index contributed by atoms with van der Waals surface area (Å²) in [6.45, 7) is 13.3. The molecule has 2 N–H and O–H groups in total. The summed E-state index contributed by atoms with van der Waals surface area (Å²) in [5, 5.41) is -1.57. The Balaban J connectivity index is 1.87. The number of anilines is 2. The molecule has 1 aliphatic heterocycles. The summed E-state index contributed by atoms with van der Waals surface area (Å²) < 4.78 is 47.2. The fourth-order valence-electron chi connectivity index (χ4n) is 5.92. The molecular formula is C31H30Cl2F3N7O2. The third-order valence-corrected chi connectivity index (χ3v) is 8.62. The van der Waals surface area contributed by atoms with Gasteiger partial charge in [-0.05, 0) is 50.5 Å². The first kappa shape index (κ1) is 32.2. The van der Waals surface area contributed by atoms with Gasteiger partial charge in [-0.3, -0.25) is 9.78 Å². The molecule has 3 aromatic heterocycles. The van der Waals surface area contributed by atoms with Crippen LogP contribution in [0.2, 0.25) is 10.0 Å². The molecule has 1 aliphatic rings. The minimum Gasteiger partial charge on any atom is -0.397 e. The molecule has 0 saturated carbocycles. The number of amides is 1. The van der Waals surface area contributed by atoms with Crippen LogP contribution in [0.3, 0.4) is 0 Å². The van der Waals surface area contributed by atoms with Crippen molar-refractivity contribution in [2.45, 2.75) is 52.6 Å². The number of aryl methyl sites for hydroxylation is 1. The Labute approximate surface area is 267 Å². The third-order valence-electron chi connectivity index (χ3n) is 7.91. The minimum atomic E-state index is -1.36. The van der Waals surface area contributed by atoms with Gasteiger partial charge in [0.2, 0.25) is 5.91 Å². The number of benzene rings is 1. The van der Waals surface area contributed by atoms with Crippen molar-refractivity contribution in [1.82, 2.24) is 24.4 Å². The van der Waals surface area contributed by atoms with E-state index in [1.54, 1.807) is 29.0 Å². The Morgan fingerprint density at radius 2 is 1.76 bits per heavy atom. The number of hydrogen-bond donors (Lipinski definition) is 1. The maximum absolute atomic E-state index is 16.1. The van der Waals surface area contributed by atoms with Crippen LogP contribution in [0.1, 0.15) is 44.9 Å². The predicted octanol–water partition coefficient (Wildman–Crippen LogP) is 6.19. The lowest BCUT2D eigenvalue weighted by Gasteiger charge is -2.44. The van der Waals surface area contributed by atoms with Crippen molar-refractivity contribution in [3.63, 3.8) is 0 Å². The van der Waals surface area contributed by atoms with Crippen molar-refractivity contribution in [3.05, 3.63) is 80.2 Å². The molecule has 0 radical (unpaired) electrons. The van der Waals surface area contributed by atoms with Crippen LogP contribution >= 0.6 is 23.2 Å². The fraction of sp³-hybridized carbons (Fsp3) is 0.323. The number of hydrogen-bond acceptors (Lipinski definition) is 7. The van der Waals surface area contributed by atoms with Gasteiger partial charge in [0.1, 0.15) is 21.6 Å². The molecule has 236 valence electrons. The number of nitrogen functional groups attached to an aromatic ring is 1. The molecule has 1 saturated heterocycles. The van der Waals surface area contributed by atoms with Crippen LogP contribution < -0.4 is 16.3 Å². The number of fused-ring (bicyclic) bond motifs is 1. The van der Waals surface area contributed by atoms with Gasteiger partial charge in [0.05, 0.1) is 28.0 Å². The summed E-state index contributed by atoms with van der Waals surface area (Å²) >= 11 is 11.8. The van der Waals surface area contributed by atoms with Crippen LogP contribution in [0, 0.1) is 24.4 Å². The van der Waals surface area contributed by atoms with Crippen LogP contribution in [0.5, 0.6) is 0 Å². The summed E-state index contributed by atoms with van der Waals surface area (Å²) in [7, 11) is 0. The number of halogens is 5. The topological polar surface area (TPSA) is 110 Å². The number of pyridine rings is 2. The number of rotatable bonds is 5. The number of nitrogens with zero attached hydrogens (tertiary/aromatic N) is 6. The van der Waals surface area contributed by atoms with E-state index in [4.69, 9.17) is 28.9 Å². The van der Waals surface area contributed by atoms with E-state index >= 15 is 8.78 Å². The van der Waals surface area contributed by atoms with Gasteiger partial charge < -0.3 is 15.5 Å². The van der Waals surface area contributed by atoms with E-state index in [1.165, 1.54) is 10.6 Å². The third kappa shape index (κ3) is 5.29. The van der Waals surface area contributed by atoms with E-state index in [0.29, 0.717) is 16.9 Å². The Morgan fingerprint density at radius 1 is 1.11 bits per heavy atom. The zero-order chi connectivity index (χ0) is 33.1. The molecule has 1 amide bonds. The van der Waals surface area contributed by atoms with E-state index in [1.807, 2.05) is 27.7 Å². The monoisotopic (exact) mass is 659 g/mol. The second-order valence-corrected chi connectivity index (χ2v) is 12.1.